The first kappa shape index (κ1) is 16.4. The lowest BCUT2D eigenvalue weighted by atomic mass is 10.2. The van der Waals surface area contributed by atoms with Crippen molar-refractivity contribution >= 4 is 18.1 Å². The number of carbonyl (C=O) groups excluding carboxylic acids is 1. The Bertz CT molecular complexity index is 703. The molecule has 2 aromatic carbocycles. The molecule has 0 heterocycles. The quantitative estimate of drug-likeness (QED) is 0.653. The van der Waals surface area contributed by atoms with Crippen molar-refractivity contribution in [1.82, 2.24) is 0 Å². The van der Waals surface area contributed by atoms with Gasteiger partial charge < -0.3 is 14.6 Å². The Kier molecular flexibility index (Phi) is 6.00. The van der Waals surface area contributed by atoms with Crippen LogP contribution in [0.15, 0.2) is 60.7 Å². The molecule has 0 amide bonds. The first-order chi connectivity index (χ1) is 11.2. The van der Waals surface area contributed by atoms with E-state index in [0.29, 0.717) is 5.75 Å². The van der Waals surface area contributed by atoms with Crippen LogP contribution in [0.4, 0.5) is 0 Å². The van der Waals surface area contributed by atoms with E-state index >= 15 is 0 Å². The Morgan fingerprint density at radius 1 is 1.09 bits per heavy atom. The van der Waals surface area contributed by atoms with E-state index in [1.165, 1.54) is 13.2 Å². The predicted octanol–water partition coefficient (Wildman–Crippen LogP) is 3.67. The van der Waals surface area contributed by atoms with Crippen LogP contribution >= 0.6 is 0 Å². The molecule has 0 spiro atoms. The number of ether oxygens (including phenoxy) is 2. The molecule has 0 bridgehead atoms. The number of methoxy groups -OCH3 is 1. The summed E-state index contributed by atoms with van der Waals surface area (Å²) < 4.78 is 10.1. The van der Waals surface area contributed by atoms with Gasteiger partial charge in [-0.05, 0) is 35.4 Å². The molecule has 2 aromatic rings. The summed E-state index contributed by atoms with van der Waals surface area (Å²) in [6, 6.07) is 14.5. The van der Waals surface area contributed by atoms with Crippen molar-refractivity contribution in [1.29, 1.82) is 0 Å². The Morgan fingerprint density at radius 2 is 1.87 bits per heavy atom. The molecule has 1 N–H and O–H groups in total. The summed E-state index contributed by atoms with van der Waals surface area (Å²) >= 11 is 0. The van der Waals surface area contributed by atoms with E-state index in [1.807, 2.05) is 30.3 Å². The lowest BCUT2D eigenvalue weighted by molar-refractivity contribution is -0.136. The number of hydrogen-bond donors (Lipinski definition) is 1. The molecule has 0 aromatic heterocycles. The van der Waals surface area contributed by atoms with Gasteiger partial charge in [-0.2, -0.15) is 0 Å². The third kappa shape index (κ3) is 5.36. The maximum absolute atomic E-state index is 11.6. The first-order valence-electron chi connectivity index (χ1n) is 7.12. The predicted molar refractivity (Wildman–Crippen MR) is 90.1 cm³/mol. The molecule has 4 heteroatoms. The van der Waals surface area contributed by atoms with E-state index < -0.39 is 5.97 Å². The number of carbonyl (C=O) groups is 1. The normalized spacial score (nSPS) is 11.0. The Labute approximate surface area is 135 Å². The molecule has 0 saturated heterocycles. The number of esters is 1. The van der Waals surface area contributed by atoms with Gasteiger partial charge in [-0.15, -0.1) is 0 Å². The van der Waals surface area contributed by atoms with Crippen molar-refractivity contribution in [2.24, 2.45) is 0 Å². The van der Waals surface area contributed by atoms with E-state index in [9.17, 15) is 9.90 Å². The number of benzene rings is 2. The number of rotatable bonds is 6. The minimum atomic E-state index is -0.401. The van der Waals surface area contributed by atoms with Gasteiger partial charge in [0.2, 0.25) is 0 Å². The fourth-order valence-electron chi connectivity index (χ4n) is 1.89. The third-order valence-electron chi connectivity index (χ3n) is 3.05. The fraction of sp³-hybridized carbons (Fsp3) is 0.105. The highest BCUT2D eigenvalue weighted by Crippen LogP contribution is 2.26. The van der Waals surface area contributed by atoms with Gasteiger partial charge in [0.1, 0.15) is 6.61 Å². The minimum Gasteiger partial charge on any atom is -0.504 e. The molecule has 4 nitrogen and oxygen atoms in total. The van der Waals surface area contributed by atoms with E-state index in [4.69, 9.17) is 9.47 Å². The maximum Gasteiger partial charge on any atom is 0.331 e. The zero-order chi connectivity index (χ0) is 16.5. The molecule has 0 aliphatic carbocycles. The first-order valence-corrected chi connectivity index (χ1v) is 7.12. The molecule has 0 unspecified atom stereocenters. The van der Waals surface area contributed by atoms with E-state index in [1.54, 1.807) is 36.4 Å². The number of phenolic OH excluding ortho intramolecular Hbond substituents is 1. The Morgan fingerprint density at radius 3 is 2.61 bits per heavy atom. The van der Waals surface area contributed by atoms with E-state index in [0.717, 1.165) is 11.1 Å². The molecule has 2 rings (SSSR count). The highest BCUT2D eigenvalue weighted by molar-refractivity contribution is 5.87. The van der Waals surface area contributed by atoms with Gasteiger partial charge in [-0.25, -0.2) is 4.79 Å². The summed E-state index contributed by atoms with van der Waals surface area (Å²) in [5, 5.41) is 9.51. The summed E-state index contributed by atoms with van der Waals surface area (Å²) in [5.41, 5.74) is 1.78. The zero-order valence-corrected chi connectivity index (χ0v) is 12.8. The van der Waals surface area contributed by atoms with Gasteiger partial charge in [0, 0.05) is 6.08 Å². The fourth-order valence-corrected chi connectivity index (χ4v) is 1.89. The van der Waals surface area contributed by atoms with Crippen molar-refractivity contribution in [3.05, 3.63) is 71.8 Å². The molecule has 0 atom stereocenters. The zero-order valence-electron chi connectivity index (χ0n) is 12.8. The van der Waals surface area contributed by atoms with Gasteiger partial charge in [0.25, 0.3) is 0 Å². The highest BCUT2D eigenvalue weighted by Gasteiger charge is 2.00. The molecule has 0 saturated carbocycles. The molecule has 0 fully saturated rings. The Hall–Kier alpha value is -3.01. The molecule has 0 aliphatic heterocycles. The molecular weight excluding hydrogens is 292 g/mol. The van der Waals surface area contributed by atoms with Crippen molar-refractivity contribution in [2.45, 2.75) is 0 Å². The molecule has 23 heavy (non-hydrogen) atoms. The number of hydrogen-bond acceptors (Lipinski definition) is 4. The second-order valence-corrected chi connectivity index (χ2v) is 4.71. The molecule has 0 aliphatic rings. The summed E-state index contributed by atoms with van der Waals surface area (Å²) in [4.78, 5) is 11.6. The highest BCUT2D eigenvalue weighted by atomic mass is 16.5. The van der Waals surface area contributed by atoms with E-state index in [-0.39, 0.29) is 12.4 Å². The van der Waals surface area contributed by atoms with Crippen LogP contribution in [0.2, 0.25) is 0 Å². The Balaban J connectivity index is 1.82. The van der Waals surface area contributed by atoms with Crippen LogP contribution < -0.4 is 4.74 Å². The largest absolute Gasteiger partial charge is 0.504 e. The molecule has 0 radical (unpaired) electrons. The minimum absolute atomic E-state index is 0.0853. The molecule has 118 valence electrons. The summed E-state index contributed by atoms with van der Waals surface area (Å²) in [6.07, 6.45) is 6.61. The third-order valence-corrected chi connectivity index (χ3v) is 3.05. The SMILES string of the molecule is COc1cc(/C=C/COC(=O)C=Cc2ccccc2)ccc1O. The molecular formula is C19H18O4. The van der Waals surface area contributed by atoms with Crippen molar-refractivity contribution in [3.8, 4) is 11.5 Å². The van der Waals surface area contributed by atoms with E-state index in [2.05, 4.69) is 0 Å². The van der Waals surface area contributed by atoms with Crippen LogP contribution in [0.3, 0.4) is 0 Å². The lowest BCUT2D eigenvalue weighted by Crippen LogP contribution is -1.99. The summed E-state index contributed by atoms with van der Waals surface area (Å²) in [5.74, 6) is 0.0823. The monoisotopic (exact) mass is 310 g/mol. The average molecular weight is 310 g/mol. The van der Waals surface area contributed by atoms with Gasteiger partial charge >= 0.3 is 5.97 Å². The van der Waals surface area contributed by atoms with Crippen LogP contribution in [0.25, 0.3) is 12.2 Å². The standard InChI is InChI=1S/C19H18O4/c1-22-18-14-16(9-11-17(18)20)8-5-13-23-19(21)12-10-15-6-3-2-4-7-15/h2-12,14,20H,13H2,1H3/b8-5+,12-10?. The van der Waals surface area contributed by atoms with Crippen molar-refractivity contribution in [2.75, 3.05) is 13.7 Å². The smallest absolute Gasteiger partial charge is 0.331 e. The van der Waals surface area contributed by atoms with Gasteiger partial charge in [0.15, 0.2) is 11.5 Å². The number of aromatic hydroxyl groups is 1. The average Bonchev–Trinajstić information content (AvgIpc) is 2.59. The summed E-state index contributed by atoms with van der Waals surface area (Å²) in [6.45, 7) is 0.168. The second-order valence-electron chi connectivity index (χ2n) is 4.71. The maximum atomic E-state index is 11.6. The lowest BCUT2D eigenvalue weighted by Gasteiger charge is -2.03. The van der Waals surface area contributed by atoms with Crippen LogP contribution in [0, 0.1) is 0 Å². The van der Waals surface area contributed by atoms with Crippen LogP contribution in [-0.2, 0) is 9.53 Å². The van der Waals surface area contributed by atoms with Gasteiger partial charge in [0.05, 0.1) is 7.11 Å². The van der Waals surface area contributed by atoms with Gasteiger partial charge in [-0.1, -0.05) is 42.5 Å². The van der Waals surface area contributed by atoms with Crippen LogP contribution in [-0.4, -0.2) is 24.8 Å². The van der Waals surface area contributed by atoms with Gasteiger partial charge in [-0.3, -0.25) is 0 Å². The van der Waals surface area contributed by atoms with Crippen molar-refractivity contribution < 1.29 is 19.4 Å². The summed E-state index contributed by atoms with van der Waals surface area (Å²) in [7, 11) is 1.49. The topological polar surface area (TPSA) is 55.8 Å². The van der Waals surface area contributed by atoms with Crippen LogP contribution in [0.1, 0.15) is 11.1 Å². The number of phenols is 1. The second kappa shape index (κ2) is 8.44. The van der Waals surface area contributed by atoms with Crippen molar-refractivity contribution in [3.63, 3.8) is 0 Å². The van der Waals surface area contributed by atoms with Crippen LogP contribution in [0.5, 0.6) is 11.5 Å².